The lowest BCUT2D eigenvalue weighted by Gasteiger charge is -2.27. The summed E-state index contributed by atoms with van der Waals surface area (Å²) in [4.78, 5) is 2.31. The van der Waals surface area contributed by atoms with Gasteiger partial charge in [0, 0.05) is 19.7 Å². The zero-order valence-electron chi connectivity index (χ0n) is 7.84. The van der Waals surface area contributed by atoms with E-state index in [1.807, 2.05) is 0 Å². The van der Waals surface area contributed by atoms with Crippen LogP contribution < -0.4 is 5.73 Å². The number of hydrogen-bond donors (Lipinski definition) is 1. The first-order chi connectivity index (χ1) is 5.29. The Kier molecular flexibility index (Phi) is 6.51. The Morgan fingerprint density at radius 3 is 2.18 bits per heavy atom. The maximum absolute atomic E-state index is 5.59. The van der Waals surface area contributed by atoms with Crippen LogP contribution >= 0.6 is 0 Å². The van der Waals surface area contributed by atoms with Crippen LogP contribution in [0.5, 0.6) is 0 Å². The Morgan fingerprint density at radius 1 is 1.36 bits per heavy atom. The SMILES string of the molecule is CCN(CC)C(CN)COC. The molecular formula is C8H20N2O. The number of rotatable bonds is 6. The van der Waals surface area contributed by atoms with Crippen molar-refractivity contribution in [1.82, 2.24) is 4.90 Å². The van der Waals surface area contributed by atoms with E-state index < -0.39 is 0 Å². The molecule has 0 aromatic heterocycles. The standard InChI is InChI=1S/C8H20N2O/c1-4-10(5-2)8(6-9)7-11-3/h8H,4-7,9H2,1-3H3. The van der Waals surface area contributed by atoms with Crippen molar-refractivity contribution in [2.24, 2.45) is 5.73 Å². The highest BCUT2D eigenvalue weighted by atomic mass is 16.5. The fourth-order valence-corrected chi connectivity index (χ4v) is 1.25. The predicted octanol–water partition coefficient (Wildman–Crippen LogP) is 0.302. The predicted molar refractivity (Wildman–Crippen MR) is 47.6 cm³/mol. The Morgan fingerprint density at radius 2 is 1.91 bits per heavy atom. The third-order valence-corrected chi connectivity index (χ3v) is 1.96. The van der Waals surface area contributed by atoms with Crippen LogP contribution in [0.2, 0.25) is 0 Å². The van der Waals surface area contributed by atoms with Crippen molar-refractivity contribution in [2.75, 3.05) is 33.4 Å². The third kappa shape index (κ3) is 3.70. The van der Waals surface area contributed by atoms with Crippen molar-refractivity contribution >= 4 is 0 Å². The summed E-state index contributed by atoms with van der Waals surface area (Å²) in [5.41, 5.74) is 5.59. The average molecular weight is 160 g/mol. The first-order valence-corrected chi connectivity index (χ1v) is 4.23. The van der Waals surface area contributed by atoms with Gasteiger partial charge in [-0.2, -0.15) is 0 Å². The van der Waals surface area contributed by atoms with Crippen LogP contribution in [-0.2, 0) is 4.74 Å². The number of nitrogens with two attached hydrogens (primary N) is 1. The van der Waals surface area contributed by atoms with Crippen LogP contribution in [0.15, 0.2) is 0 Å². The quantitative estimate of drug-likeness (QED) is 0.607. The molecule has 0 saturated heterocycles. The van der Waals surface area contributed by atoms with Crippen LogP contribution in [-0.4, -0.2) is 44.3 Å². The van der Waals surface area contributed by atoms with Crippen LogP contribution in [0.4, 0.5) is 0 Å². The Balaban J connectivity index is 3.76. The molecule has 11 heavy (non-hydrogen) atoms. The molecule has 1 unspecified atom stereocenters. The van der Waals surface area contributed by atoms with Gasteiger partial charge in [-0.25, -0.2) is 0 Å². The second-order valence-corrected chi connectivity index (χ2v) is 2.57. The van der Waals surface area contributed by atoms with Crippen molar-refractivity contribution < 1.29 is 4.74 Å². The number of hydrogen-bond acceptors (Lipinski definition) is 3. The minimum Gasteiger partial charge on any atom is -0.383 e. The summed E-state index contributed by atoms with van der Waals surface area (Å²) >= 11 is 0. The van der Waals surface area contributed by atoms with Gasteiger partial charge in [-0.3, -0.25) is 4.90 Å². The minimum absolute atomic E-state index is 0.384. The molecule has 2 N–H and O–H groups in total. The molecule has 3 nitrogen and oxygen atoms in total. The summed E-state index contributed by atoms with van der Waals surface area (Å²) in [7, 11) is 1.71. The van der Waals surface area contributed by atoms with Gasteiger partial charge in [0.25, 0.3) is 0 Å². The van der Waals surface area contributed by atoms with E-state index in [0.717, 1.165) is 19.7 Å². The molecule has 0 aromatic rings. The maximum Gasteiger partial charge on any atom is 0.0630 e. The van der Waals surface area contributed by atoms with Gasteiger partial charge in [-0.05, 0) is 13.1 Å². The number of methoxy groups -OCH3 is 1. The number of likely N-dealkylation sites (N-methyl/N-ethyl adjacent to an activating group) is 1. The molecule has 1 atom stereocenters. The van der Waals surface area contributed by atoms with Gasteiger partial charge in [0.2, 0.25) is 0 Å². The highest BCUT2D eigenvalue weighted by Gasteiger charge is 2.12. The van der Waals surface area contributed by atoms with E-state index in [2.05, 4.69) is 18.7 Å². The molecule has 0 bridgehead atoms. The molecule has 0 spiro atoms. The molecule has 0 fully saturated rings. The monoisotopic (exact) mass is 160 g/mol. The van der Waals surface area contributed by atoms with Gasteiger partial charge in [-0.15, -0.1) is 0 Å². The third-order valence-electron chi connectivity index (χ3n) is 1.96. The molecular weight excluding hydrogens is 140 g/mol. The summed E-state index contributed by atoms with van der Waals surface area (Å²) in [6, 6.07) is 0.384. The van der Waals surface area contributed by atoms with Crippen LogP contribution in [0.25, 0.3) is 0 Å². The van der Waals surface area contributed by atoms with Crippen molar-refractivity contribution in [3.63, 3.8) is 0 Å². The lowest BCUT2D eigenvalue weighted by Crippen LogP contribution is -2.43. The number of nitrogens with zero attached hydrogens (tertiary/aromatic N) is 1. The molecule has 0 aliphatic rings. The van der Waals surface area contributed by atoms with E-state index in [1.54, 1.807) is 7.11 Å². The molecule has 0 aliphatic carbocycles. The van der Waals surface area contributed by atoms with Gasteiger partial charge >= 0.3 is 0 Å². The normalized spacial score (nSPS) is 13.9. The van der Waals surface area contributed by atoms with Crippen molar-refractivity contribution in [3.05, 3.63) is 0 Å². The molecule has 0 saturated carbocycles. The van der Waals surface area contributed by atoms with Crippen LogP contribution in [0, 0.1) is 0 Å². The highest BCUT2D eigenvalue weighted by molar-refractivity contribution is 4.69. The maximum atomic E-state index is 5.59. The molecule has 0 rings (SSSR count). The molecule has 0 amide bonds. The van der Waals surface area contributed by atoms with Crippen molar-refractivity contribution in [2.45, 2.75) is 19.9 Å². The summed E-state index contributed by atoms with van der Waals surface area (Å²) < 4.78 is 5.06. The Hall–Kier alpha value is -0.120. The molecule has 0 aliphatic heterocycles. The van der Waals surface area contributed by atoms with Gasteiger partial charge < -0.3 is 10.5 Å². The molecule has 0 radical (unpaired) electrons. The largest absolute Gasteiger partial charge is 0.383 e. The fourth-order valence-electron chi connectivity index (χ4n) is 1.25. The topological polar surface area (TPSA) is 38.5 Å². The molecule has 0 aromatic carbocycles. The molecule has 68 valence electrons. The van der Waals surface area contributed by atoms with E-state index in [1.165, 1.54) is 0 Å². The summed E-state index contributed by atoms with van der Waals surface area (Å²) in [6.07, 6.45) is 0. The van der Waals surface area contributed by atoms with E-state index in [4.69, 9.17) is 10.5 Å². The van der Waals surface area contributed by atoms with Gasteiger partial charge in [-0.1, -0.05) is 13.8 Å². The fraction of sp³-hybridized carbons (Fsp3) is 1.00. The average Bonchev–Trinajstić information content (AvgIpc) is 2.05. The minimum atomic E-state index is 0.384. The highest BCUT2D eigenvalue weighted by Crippen LogP contribution is 1.97. The lowest BCUT2D eigenvalue weighted by atomic mass is 10.2. The van der Waals surface area contributed by atoms with E-state index in [-0.39, 0.29) is 0 Å². The molecule has 3 heteroatoms. The summed E-state index contributed by atoms with van der Waals surface area (Å²) in [5, 5.41) is 0. The summed E-state index contributed by atoms with van der Waals surface area (Å²) in [6.45, 7) is 7.78. The van der Waals surface area contributed by atoms with E-state index in [9.17, 15) is 0 Å². The van der Waals surface area contributed by atoms with E-state index >= 15 is 0 Å². The molecule has 0 heterocycles. The van der Waals surface area contributed by atoms with Gasteiger partial charge in [0.1, 0.15) is 0 Å². The first kappa shape index (κ1) is 10.9. The second-order valence-electron chi connectivity index (χ2n) is 2.57. The zero-order valence-corrected chi connectivity index (χ0v) is 7.84. The van der Waals surface area contributed by atoms with Crippen LogP contribution in [0.3, 0.4) is 0 Å². The van der Waals surface area contributed by atoms with Crippen molar-refractivity contribution in [1.29, 1.82) is 0 Å². The number of ether oxygens (including phenoxy) is 1. The van der Waals surface area contributed by atoms with Crippen molar-refractivity contribution in [3.8, 4) is 0 Å². The van der Waals surface area contributed by atoms with Gasteiger partial charge in [0.05, 0.1) is 6.61 Å². The smallest absolute Gasteiger partial charge is 0.0630 e. The first-order valence-electron chi connectivity index (χ1n) is 4.23. The Bertz CT molecular complexity index is 84.2. The summed E-state index contributed by atoms with van der Waals surface area (Å²) in [5.74, 6) is 0. The van der Waals surface area contributed by atoms with Gasteiger partial charge in [0.15, 0.2) is 0 Å². The zero-order chi connectivity index (χ0) is 8.69. The van der Waals surface area contributed by atoms with E-state index in [0.29, 0.717) is 12.6 Å². The lowest BCUT2D eigenvalue weighted by molar-refractivity contribution is 0.101. The Labute approximate surface area is 69.5 Å². The second kappa shape index (κ2) is 6.58. The van der Waals surface area contributed by atoms with Crippen LogP contribution in [0.1, 0.15) is 13.8 Å².